The van der Waals surface area contributed by atoms with E-state index >= 15 is 0 Å². The van der Waals surface area contributed by atoms with Crippen LogP contribution in [0.5, 0.6) is 0 Å². The smallest absolute Gasteiger partial charge is 0.230 e. The number of nitrogens with two attached hydrogens (primary N) is 1. The summed E-state index contributed by atoms with van der Waals surface area (Å²) in [5.74, 6) is 0.598. The lowest BCUT2D eigenvalue weighted by Crippen LogP contribution is -2.34. The zero-order valence-corrected chi connectivity index (χ0v) is 8.93. The number of hydrogen-bond acceptors (Lipinski definition) is 3. The molecule has 0 spiro atoms. The minimum Gasteiger partial charge on any atom is -0.393 e. The van der Waals surface area contributed by atoms with Gasteiger partial charge in [0.15, 0.2) is 0 Å². The summed E-state index contributed by atoms with van der Waals surface area (Å²) in [6.07, 6.45) is 1.89. The van der Waals surface area contributed by atoms with Crippen molar-refractivity contribution in [3.63, 3.8) is 0 Å². The zero-order valence-electron chi connectivity index (χ0n) is 7.29. The van der Waals surface area contributed by atoms with Gasteiger partial charge < -0.3 is 11.1 Å². The van der Waals surface area contributed by atoms with E-state index < -0.39 is 0 Å². The van der Waals surface area contributed by atoms with E-state index in [2.05, 4.69) is 5.32 Å². The van der Waals surface area contributed by atoms with Crippen molar-refractivity contribution in [1.82, 2.24) is 5.32 Å². The first kappa shape index (κ1) is 11.7. The number of amides is 1. The number of thioether (sulfide) groups is 1. The Bertz CT molecular complexity index is 173. The summed E-state index contributed by atoms with van der Waals surface area (Å²) >= 11 is 6.25. The molecule has 3 N–H and O–H groups in total. The molecule has 0 saturated heterocycles. The molecule has 3 nitrogen and oxygen atoms in total. The van der Waals surface area contributed by atoms with Gasteiger partial charge in [0, 0.05) is 12.5 Å². The summed E-state index contributed by atoms with van der Waals surface area (Å²) in [7, 11) is 0. The molecule has 1 atom stereocenters. The van der Waals surface area contributed by atoms with E-state index in [-0.39, 0.29) is 11.8 Å². The summed E-state index contributed by atoms with van der Waals surface area (Å²) in [6.45, 7) is 2.43. The zero-order chi connectivity index (χ0) is 9.56. The predicted molar refractivity (Wildman–Crippen MR) is 57.3 cm³/mol. The highest BCUT2D eigenvalue weighted by Gasteiger charge is 2.06. The van der Waals surface area contributed by atoms with Gasteiger partial charge in [-0.2, -0.15) is 11.8 Å². The number of thiocarbonyl (C=S) groups is 1. The van der Waals surface area contributed by atoms with Crippen molar-refractivity contribution in [1.29, 1.82) is 0 Å². The second kappa shape index (κ2) is 6.25. The first-order valence-electron chi connectivity index (χ1n) is 3.63. The summed E-state index contributed by atoms with van der Waals surface area (Å²) in [5, 5.41) is 2.74. The van der Waals surface area contributed by atoms with E-state index in [1.165, 1.54) is 11.8 Å². The topological polar surface area (TPSA) is 55.1 Å². The van der Waals surface area contributed by atoms with Crippen molar-refractivity contribution in [2.75, 3.05) is 18.6 Å². The Morgan fingerprint density at radius 3 is 2.75 bits per heavy atom. The highest BCUT2D eigenvalue weighted by molar-refractivity contribution is 7.99. The van der Waals surface area contributed by atoms with Crippen LogP contribution in [0.15, 0.2) is 0 Å². The molecular formula is C7H14N2OS2. The van der Waals surface area contributed by atoms with Crippen LogP contribution in [-0.2, 0) is 4.79 Å². The van der Waals surface area contributed by atoms with Crippen LogP contribution in [0.25, 0.3) is 0 Å². The fraction of sp³-hybridized carbons (Fsp3) is 0.714. The van der Waals surface area contributed by atoms with Crippen LogP contribution in [0.1, 0.15) is 6.92 Å². The van der Waals surface area contributed by atoms with E-state index in [0.717, 1.165) is 0 Å². The normalized spacial score (nSPS) is 12.2. The largest absolute Gasteiger partial charge is 0.393 e. The minimum atomic E-state index is 0.0330. The van der Waals surface area contributed by atoms with Crippen LogP contribution in [0, 0.1) is 5.92 Å². The Balaban J connectivity index is 3.54. The molecule has 0 aromatic heterocycles. The maximum absolute atomic E-state index is 11.0. The Morgan fingerprint density at radius 2 is 2.33 bits per heavy atom. The molecule has 0 aliphatic rings. The lowest BCUT2D eigenvalue weighted by Gasteiger charge is -2.09. The van der Waals surface area contributed by atoms with Crippen molar-refractivity contribution < 1.29 is 4.79 Å². The first-order chi connectivity index (χ1) is 5.57. The van der Waals surface area contributed by atoms with Gasteiger partial charge in [0.2, 0.25) is 5.91 Å². The maximum Gasteiger partial charge on any atom is 0.230 e. The first-order valence-corrected chi connectivity index (χ1v) is 5.43. The van der Waals surface area contributed by atoms with E-state index in [1.54, 1.807) is 0 Å². The number of nitrogens with one attached hydrogen (secondary N) is 1. The van der Waals surface area contributed by atoms with Gasteiger partial charge in [-0.1, -0.05) is 19.1 Å². The van der Waals surface area contributed by atoms with Crippen LogP contribution >= 0.6 is 24.0 Å². The van der Waals surface area contributed by atoms with Crippen molar-refractivity contribution in [3.05, 3.63) is 0 Å². The third-order valence-electron chi connectivity index (χ3n) is 1.37. The van der Waals surface area contributed by atoms with Crippen molar-refractivity contribution in [2.45, 2.75) is 6.92 Å². The maximum atomic E-state index is 11.0. The third kappa shape index (κ3) is 5.37. The summed E-state index contributed by atoms with van der Waals surface area (Å²) in [4.78, 5) is 11.4. The molecule has 0 aromatic rings. The Hall–Kier alpha value is -0.290. The predicted octanol–water partition coefficient (Wildman–Crippen LogP) is 0.388. The molecule has 5 heteroatoms. The molecule has 0 heterocycles. The monoisotopic (exact) mass is 206 g/mol. The van der Waals surface area contributed by atoms with Gasteiger partial charge in [-0.15, -0.1) is 0 Å². The quantitative estimate of drug-likeness (QED) is 0.639. The van der Waals surface area contributed by atoms with Crippen molar-refractivity contribution >= 4 is 34.9 Å². The molecule has 0 fully saturated rings. The number of carbonyl (C=O) groups is 1. The fourth-order valence-corrected chi connectivity index (χ4v) is 0.997. The lowest BCUT2D eigenvalue weighted by atomic mass is 10.2. The molecule has 1 unspecified atom stereocenters. The van der Waals surface area contributed by atoms with E-state index in [9.17, 15) is 4.79 Å². The van der Waals surface area contributed by atoms with Crippen LogP contribution in [0.3, 0.4) is 0 Å². The SMILES string of the molecule is CSCC(=O)NCC(C)C(N)=S. The standard InChI is InChI=1S/C7H14N2OS2/c1-5(7(8)11)3-9-6(10)4-12-2/h5H,3-4H2,1-2H3,(H2,8,11)(H,9,10). The molecule has 70 valence electrons. The highest BCUT2D eigenvalue weighted by atomic mass is 32.2. The highest BCUT2D eigenvalue weighted by Crippen LogP contribution is 1.94. The van der Waals surface area contributed by atoms with Crippen LogP contribution in [0.2, 0.25) is 0 Å². The molecule has 0 radical (unpaired) electrons. The molecule has 0 aromatic carbocycles. The molecule has 1 amide bonds. The molecular weight excluding hydrogens is 192 g/mol. The average Bonchev–Trinajstić information content (AvgIpc) is 2.00. The molecule has 0 rings (SSSR count). The third-order valence-corrected chi connectivity index (χ3v) is 2.32. The molecule has 0 aliphatic heterocycles. The van der Waals surface area contributed by atoms with E-state index in [4.69, 9.17) is 18.0 Å². The van der Waals surface area contributed by atoms with E-state index in [1.807, 2.05) is 13.2 Å². The summed E-state index contributed by atoms with van der Waals surface area (Å²) in [6, 6.07) is 0. The van der Waals surface area contributed by atoms with Crippen LogP contribution < -0.4 is 11.1 Å². The number of rotatable bonds is 5. The molecule has 0 bridgehead atoms. The van der Waals surface area contributed by atoms with Gasteiger partial charge in [-0.25, -0.2) is 0 Å². The fourth-order valence-electron chi connectivity index (χ4n) is 0.550. The van der Waals surface area contributed by atoms with Gasteiger partial charge in [0.25, 0.3) is 0 Å². The summed E-state index contributed by atoms with van der Waals surface area (Å²) < 4.78 is 0. The Labute approximate surface area is 82.5 Å². The second-order valence-electron chi connectivity index (χ2n) is 2.54. The van der Waals surface area contributed by atoms with Gasteiger partial charge in [-0.3, -0.25) is 4.79 Å². The van der Waals surface area contributed by atoms with Crippen LogP contribution in [0.4, 0.5) is 0 Å². The summed E-state index contributed by atoms with van der Waals surface area (Å²) in [5.41, 5.74) is 5.37. The Kier molecular flexibility index (Phi) is 6.10. The van der Waals surface area contributed by atoms with Gasteiger partial charge in [0.1, 0.15) is 0 Å². The van der Waals surface area contributed by atoms with Crippen molar-refractivity contribution in [2.24, 2.45) is 11.7 Å². The van der Waals surface area contributed by atoms with Gasteiger partial charge >= 0.3 is 0 Å². The van der Waals surface area contributed by atoms with E-state index in [0.29, 0.717) is 17.3 Å². The van der Waals surface area contributed by atoms with Gasteiger partial charge in [0.05, 0.1) is 10.7 Å². The average molecular weight is 206 g/mol. The van der Waals surface area contributed by atoms with Crippen LogP contribution in [-0.4, -0.2) is 29.4 Å². The number of hydrogen-bond donors (Lipinski definition) is 2. The van der Waals surface area contributed by atoms with Gasteiger partial charge in [-0.05, 0) is 6.26 Å². The molecule has 0 saturated carbocycles. The Morgan fingerprint density at radius 1 is 1.75 bits per heavy atom. The second-order valence-corrected chi connectivity index (χ2v) is 3.88. The molecule has 0 aliphatic carbocycles. The lowest BCUT2D eigenvalue weighted by molar-refractivity contribution is -0.118. The minimum absolute atomic E-state index is 0.0330. The number of carbonyl (C=O) groups excluding carboxylic acids is 1. The van der Waals surface area contributed by atoms with Crippen molar-refractivity contribution in [3.8, 4) is 0 Å². The molecule has 12 heavy (non-hydrogen) atoms.